The van der Waals surface area contributed by atoms with Crippen molar-refractivity contribution in [2.45, 2.75) is 51.2 Å². The standard InChI is InChI=1S/C19H23N3O3/c1-19(2,3)21-17(23)16(13-6-4-10-20-12-13)22(14-8-9-14)18(24)15-7-5-11-25-15/h4-7,10-12,14,16H,8-9H2,1-3H3,(H,21,23). The average molecular weight is 341 g/mol. The first-order valence-electron chi connectivity index (χ1n) is 8.45. The molecule has 25 heavy (non-hydrogen) atoms. The van der Waals surface area contributed by atoms with Crippen molar-refractivity contribution in [2.75, 3.05) is 0 Å². The van der Waals surface area contributed by atoms with Crippen LogP contribution in [-0.4, -0.2) is 33.3 Å². The summed E-state index contributed by atoms with van der Waals surface area (Å²) in [5.41, 5.74) is 0.289. The lowest BCUT2D eigenvalue weighted by Crippen LogP contribution is -2.50. The quantitative estimate of drug-likeness (QED) is 0.907. The van der Waals surface area contributed by atoms with Crippen molar-refractivity contribution in [1.82, 2.24) is 15.2 Å². The van der Waals surface area contributed by atoms with Crippen molar-refractivity contribution >= 4 is 11.8 Å². The van der Waals surface area contributed by atoms with Crippen LogP contribution in [0.5, 0.6) is 0 Å². The molecule has 1 aliphatic rings. The summed E-state index contributed by atoms with van der Waals surface area (Å²) in [5, 5.41) is 2.99. The molecule has 0 aliphatic heterocycles. The van der Waals surface area contributed by atoms with Crippen molar-refractivity contribution in [3.05, 3.63) is 54.2 Å². The molecule has 1 unspecified atom stereocenters. The van der Waals surface area contributed by atoms with E-state index in [1.165, 1.54) is 6.26 Å². The zero-order chi connectivity index (χ0) is 18.0. The molecule has 1 fully saturated rings. The Morgan fingerprint density at radius 3 is 2.56 bits per heavy atom. The van der Waals surface area contributed by atoms with E-state index in [1.54, 1.807) is 35.5 Å². The number of amides is 2. The van der Waals surface area contributed by atoms with Crippen LogP contribution >= 0.6 is 0 Å². The van der Waals surface area contributed by atoms with E-state index in [1.807, 2.05) is 26.8 Å². The Labute approximate surface area is 147 Å². The van der Waals surface area contributed by atoms with E-state index in [-0.39, 0.29) is 23.6 Å². The number of carbonyl (C=O) groups excluding carboxylic acids is 2. The minimum Gasteiger partial charge on any atom is -0.459 e. The van der Waals surface area contributed by atoms with Gasteiger partial charge in [0.2, 0.25) is 5.91 Å². The van der Waals surface area contributed by atoms with Gasteiger partial charge in [0, 0.05) is 29.5 Å². The Kier molecular flexibility index (Phi) is 4.61. The number of aromatic nitrogens is 1. The fourth-order valence-corrected chi connectivity index (χ4v) is 2.79. The first-order chi connectivity index (χ1) is 11.9. The summed E-state index contributed by atoms with van der Waals surface area (Å²) in [6, 6.07) is 6.19. The van der Waals surface area contributed by atoms with Gasteiger partial charge >= 0.3 is 0 Å². The molecule has 132 valence electrons. The van der Waals surface area contributed by atoms with E-state index >= 15 is 0 Å². The molecule has 2 amide bonds. The molecule has 0 radical (unpaired) electrons. The summed E-state index contributed by atoms with van der Waals surface area (Å²) in [5.74, 6) is -0.248. The van der Waals surface area contributed by atoms with Crippen molar-refractivity contribution < 1.29 is 14.0 Å². The monoisotopic (exact) mass is 341 g/mol. The molecular formula is C19H23N3O3. The van der Waals surface area contributed by atoms with Gasteiger partial charge in [-0.05, 0) is 51.8 Å². The molecule has 3 rings (SSSR count). The van der Waals surface area contributed by atoms with Gasteiger partial charge in [-0.25, -0.2) is 0 Å². The average Bonchev–Trinajstić information content (AvgIpc) is 3.23. The number of pyridine rings is 1. The summed E-state index contributed by atoms with van der Waals surface area (Å²) in [6.45, 7) is 5.75. The number of hydrogen-bond donors (Lipinski definition) is 1. The maximum absolute atomic E-state index is 13.0. The van der Waals surface area contributed by atoms with Crippen LogP contribution in [0.4, 0.5) is 0 Å². The molecule has 1 atom stereocenters. The molecule has 1 saturated carbocycles. The Hall–Kier alpha value is -2.63. The third-order valence-electron chi connectivity index (χ3n) is 3.93. The van der Waals surface area contributed by atoms with Crippen molar-refractivity contribution in [3.8, 4) is 0 Å². The molecule has 6 nitrogen and oxygen atoms in total. The fourth-order valence-electron chi connectivity index (χ4n) is 2.79. The normalized spacial score (nSPS) is 15.5. The third kappa shape index (κ3) is 4.07. The summed E-state index contributed by atoms with van der Waals surface area (Å²) in [6.07, 6.45) is 6.51. The van der Waals surface area contributed by atoms with Crippen molar-refractivity contribution in [3.63, 3.8) is 0 Å². The van der Waals surface area contributed by atoms with Crippen LogP contribution in [0.25, 0.3) is 0 Å². The summed E-state index contributed by atoms with van der Waals surface area (Å²) >= 11 is 0. The van der Waals surface area contributed by atoms with Gasteiger partial charge in [-0.2, -0.15) is 0 Å². The summed E-state index contributed by atoms with van der Waals surface area (Å²) in [4.78, 5) is 31.8. The predicted molar refractivity (Wildman–Crippen MR) is 92.8 cm³/mol. The number of rotatable bonds is 5. The highest BCUT2D eigenvalue weighted by Crippen LogP contribution is 2.36. The third-order valence-corrected chi connectivity index (χ3v) is 3.93. The van der Waals surface area contributed by atoms with E-state index in [9.17, 15) is 9.59 Å². The topological polar surface area (TPSA) is 75.4 Å². The lowest BCUT2D eigenvalue weighted by Gasteiger charge is -2.33. The second-order valence-electron chi connectivity index (χ2n) is 7.35. The molecule has 2 aromatic heterocycles. The van der Waals surface area contributed by atoms with E-state index < -0.39 is 11.6 Å². The van der Waals surface area contributed by atoms with Crippen LogP contribution in [0.3, 0.4) is 0 Å². The van der Waals surface area contributed by atoms with Crippen LogP contribution in [0.2, 0.25) is 0 Å². The zero-order valence-electron chi connectivity index (χ0n) is 14.7. The van der Waals surface area contributed by atoms with Gasteiger partial charge in [-0.3, -0.25) is 14.6 Å². The Balaban J connectivity index is 1.99. The Morgan fingerprint density at radius 2 is 2.04 bits per heavy atom. The van der Waals surface area contributed by atoms with Gasteiger partial charge in [0.15, 0.2) is 5.76 Å². The molecule has 0 spiro atoms. The maximum Gasteiger partial charge on any atom is 0.290 e. The number of nitrogens with zero attached hydrogens (tertiary/aromatic N) is 2. The van der Waals surface area contributed by atoms with E-state index in [2.05, 4.69) is 10.3 Å². The van der Waals surface area contributed by atoms with E-state index in [0.717, 1.165) is 12.8 Å². The number of carbonyl (C=O) groups is 2. The first kappa shape index (κ1) is 17.2. The van der Waals surface area contributed by atoms with Crippen LogP contribution in [0.15, 0.2) is 47.3 Å². The number of nitrogens with one attached hydrogen (secondary N) is 1. The molecule has 6 heteroatoms. The Bertz CT molecular complexity index is 731. The maximum atomic E-state index is 13.0. The van der Waals surface area contributed by atoms with E-state index in [4.69, 9.17) is 4.42 Å². The second-order valence-corrected chi connectivity index (χ2v) is 7.35. The van der Waals surface area contributed by atoms with Gasteiger partial charge in [0.05, 0.1) is 6.26 Å². The van der Waals surface area contributed by atoms with Gasteiger partial charge in [0.1, 0.15) is 6.04 Å². The molecule has 1 N–H and O–H groups in total. The van der Waals surface area contributed by atoms with Crippen LogP contribution in [0, 0.1) is 0 Å². The molecule has 1 aliphatic carbocycles. The molecule has 2 heterocycles. The highest BCUT2D eigenvalue weighted by Gasteiger charge is 2.43. The van der Waals surface area contributed by atoms with Gasteiger partial charge in [0.25, 0.3) is 5.91 Å². The number of hydrogen-bond acceptors (Lipinski definition) is 4. The zero-order valence-corrected chi connectivity index (χ0v) is 14.7. The largest absolute Gasteiger partial charge is 0.459 e. The molecule has 0 saturated heterocycles. The first-order valence-corrected chi connectivity index (χ1v) is 8.45. The molecule has 2 aromatic rings. The Morgan fingerprint density at radius 1 is 1.28 bits per heavy atom. The summed E-state index contributed by atoms with van der Waals surface area (Å²) in [7, 11) is 0. The molecule has 0 aromatic carbocycles. The molecular weight excluding hydrogens is 318 g/mol. The minimum absolute atomic E-state index is 0.0357. The van der Waals surface area contributed by atoms with Crippen molar-refractivity contribution in [2.24, 2.45) is 0 Å². The highest BCUT2D eigenvalue weighted by molar-refractivity contribution is 5.96. The van der Waals surface area contributed by atoms with Crippen LogP contribution in [0.1, 0.15) is 55.8 Å². The van der Waals surface area contributed by atoms with Gasteiger partial charge < -0.3 is 14.6 Å². The highest BCUT2D eigenvalue weighted by atomic mass is 16.3. The lowest BCUT2D eigenvalue weighted by molar-refractivity contribution is -0.127. The fraction of sp³-hybridized carbons (Fsp3) is 0.421. The second kappa shape index (κ2) is 6.70. The van der Waals surface area contributed by atoms with E-state index in [0.29, 0.717) is 5.56 Å². The predicted octanol–water partition coefficient (Wildman–Crippen LogP) is 2.94. The SMILES string of the molecule is CC(C)(C)NC(=O)C(c1cccnc1)N(C(=O)c1ccco1)C1CC1. The molecule has 0 bridgehead atoms. The van der Waals surface area contributed by atoms with Crippen LogP contribution < -0.4 is 5.32 Å². The lowest BCUT2D eigenvalue weighted by atomic mass is 10.0. The van der Waals surface area contributed by atoms with Gasteiger partial charge in [-0.15, -0.1) is 0 Å². The number of furan rings is 1. The minimum atomic E-state index is -0.738. The van der Waals surface area contributed by atoms with Crippen molar-refractivity contribution in [1.29, 1.82) is 0 Å². The van der Waals surface area contributed by atoms with Gasteiger partial charge in [-0.1, -0.05) is 6.07 Å². The van der Waals surface area contributed by atoms with Crippen LogP contribution in [-0.2, 0) is 4.79 Å². The smallest absolute Gasteiger partial charge is 0.290 e. The summed E-state index contributed by atoms with van der Waals surface area (Å²) < 4.78 is 5.28.